The Labute approximate surface area is 147 Å². The molecule has 25 heavy (non-hydrogen) atoms. The molecule has 5 nitrogen and oxygen atoms in total. The van der Waals surface area contributed by atoms with Crippen LogP contribution in [0.1, 0.15) is 16.7 Å². The fourth-order valence-electron chi connectivity index (χ4n) is 2.14. The quantitative estimate of drug-likeness (QED) is 0.513. The third-order valence-electron chi connectivity index (χ3n) is 3.52. The van der Waals surface area contributed by atoms with Gasteiger partial charge in [0.1, 0.15) is 5.75 Å². The summed E-state index contributed by atoms with van der Waals surface area (Å²) < 4.78 is 5.09. The Morgan fingerprint density at radius 1 is 1.08 bits per heavy atom. The highest BCUT2D eigenvalue weighted by molar-refractivity contribution is 5.68. The molecule has 0 bridgehead atoms. The molecule has 2 rings (SSSR count). The maximum atomic E-state index is 10.4. The Bertz CT molecular complexity index is 678. The highest BCUT2D eigenvalue weighted by Gasteiger charge is 1.99. The first-order chi connectivity index (χ1) is 12.1. The monoisotopic (exact) mass is 341 g/mol. The lowest BCUT2D eigenvalue weighted by atomic mass is 10.1. The van der Waals surface area contributed by atoms with Crippen molar-refractivity contribution in [2.75, 3.05) is 13.2 Å². The minimum absolute atomic E-state index is 0.330. The SMILES string of the molecule is Cc1ccc(CCONC=CCc2ccc(OCC(=O)O)cc2)cc1. The van der Waals surface area contributed by atoms with Crippen molar-refractivity contribution in [1.29, 1.82) is 0 Å². The number of rotatable bonds is 10. The van der Waals surface area contributed by atoms with Crippen molar-refractivity contribution in [2.24, 2.45) is 0 Å². The van der Waals surface area contributed by atoms with Crippen molar-refractivity contribution >= 4 is 5.97 Å². The Morgan fingerprint density at radius 2 is 1.76 bits per heavy atom. The third-order valence-corrected chi connectivity index (χ3v) is 3.52. The first-order valence-electron chi connectivity index (χ1n) is 8.15. The van der Waals surface area contributed by atoms with Crippen LogP contribution in [0.15, 0.2) is 60.8 Å². The summed E-state index contributed by atoms with van der Waals surface area (Å²) in [6.07, 6.45) is 5.33. The summed E-state index contributed by atoms with van der Waals surface area (Å²) in [5.41, 5.74) is 6.42. The van der Waals surface area contributed by atoms with Crippen molar-refractivity contribution in [3.63, 3.8) is 0 Å². The van der Waals surface area contributed by atoms with Gasteiger partial charge in [-0.2, -0.15) is 0 Å². The molecule has 2 aromatic rings. The van der Waals surface area contributed by atoms with Crippen molar-refractivity contribution in [3.8, 4) is 5.75 Å². The zero-order valence-electron chi connectivity index (χ0n) is 14.3. The maximum Gasteiger partial charge on any atom is 0.341 e. The first-order valence-corrected chi connectivity index (χ1v) is 8.15. The molecule has 0 aliphatic rings. The van der Waals surface area contributed by atoms with Gasteiger partial charge in [0.25, 0.3) is 0 Å². The summed E-state index contributed by atoms with van der Waals surface area (Å²) in [6, 6.07) is 15.7. The van der Waals surface area contributed by atoms with Gasteiger partial charge in [0.2, 0.25) is 0 Å². The van der Waals surface area contributed by atoms with Gasteiger partial charge in [-0.15, -0.1) is 0 Å². The molecule has 0 atom stereocenters. The number of carboxylic acids is 1. The third kappa shape index (κ3) is 7.54. The van der Waals surface area contributed by atoms with E-state index in [-0.39, 0.29) is 6.61 Å². The Hall–Kier alpha value is -2.79. The highest BCUT2D eigenvalue weighted by atomic mass is 16.6. The van der Waals surface area contributed by atoms with Crippen LogP contribution in [0.4, 0.5) is 0 Å². The summed E-state index contributed by atoms with van der Waals surface area (Å²) in [7, 11) is 0. The van der Waals surface area contributed by atoms with Gasteiger partial charge in [0, 0.05) is 6.20 Å². The molecule has 5 heteroatoms. The number of aryl methyl sites for hydroxylation is 1. The highest BCUT2D eigenvalue weighted by Crippen LogP contribution is 2.12. The van der Waals surface area contributed by atoms with E-state index in [1.165, 1.54) is 11.1 Å². The van der Waals surface area contributed by atoms with Crippen molar-refractivity contribution in [2.45, 2.75) is 19.8 Å². The van der Waals surface area contributed by atoms with E-state index in [0.717, 1.165) is 18.4 Å². The average Bonchev–Trinajstić information content (AvgIpc) is 2.61. The second-order valence-electron chi connectivity index (χ2n) is 5.63. The summed E-state index contributed by atoms with van der Waals surface area (Å²) >= 11 is 0. The van der Waals surface area contributed by atoms with E-state index in [4.69, 9.17) is 14.7 Å². The van der Waals surface area contributed by atoms with Crippen LogP contribution in [0.3, 0.4) is 0 Å². The normalized spacial score (nSPS) is 10.8. The molecular formula is C20H23NO4. The number of hydrogen-bond donors (Lipinski definition) is 2. The standard InChI is InChI=1S/C20H23NO4/c1-16-4-6-18(7-5-16)12-14-25-21-13-2-3-17-8-10-19(11-9-17)24-15-20(22)23/h2,4-11,13,21H,3,12,14-15H2,1H3,(H,22,23). The van der Waals surface area contributed by atoms with Crippen LogP contribution in [0.5, 0.6) is 5.75 Å². The van der Waals surface area contributed by atoms with Gasteiger partial charge in [-0.1, -0.05) is 48.0 Å². The molecule has 0 aromatic heterocycles. The number of benzene rings is 2. The molecule has 0 aliphatic carbocycles. The van der Waals surface area contributed by atoms with Crippen LogP contribution in [-0.2, 0) is 22.5 Å². The van der Waals surface area contributed by atoms with Crippen molar-refractivity contribution in [1.82, 2.24) is 5.48 Å². The molecule has 0 spiro atoms. The number of carboxylic acid groups (broad SMARTS) is 1. The van der Waals surface area contributed by atoms with E-state index < -0.39 is 5.97 Å². The van der Waals surface area contributed by atoms with E-state index in [1.807, 2.05) is 18.2 Å². The zero-order chi connectivity index (χ0) is 17.9. The second kappa shape index (κ2) is 10.2. The Balaban J connectivity index is 1.60. The van der Waals surface area contributed by atoms with Gasteiger partial charge in [-0.3, -0.25) is 10.3 Å². The number of hydroxylamine groups is 1. The molecule has 0 amide bonds. The van der Waals surface area contributed by atoms with Crippen LogP contribution in [0.2, 0.25) is 0 Å². The van der Waals surface area contributed by atoms with Gasteiger partial charge in [-0.25, -0.2) is 4.79 Å². The average molecular weight is 341 g/mol. The van der Waals surface area contributed by atoms with Gasteiger partial charge in [0.15, 0.2) is 6.61 Å². The largest absolute Gasteiger partial charge is 0.482 e. The zero-order valence-corrected chi connectivity index (χ0v) is 14.3. The molecule has 0 fully saturated rings. The lowest BCUT2D eigenvalue weighted by molar-refractivity contribution is -0.139. The maximum absolute atomic E-state index is 10.4. The Kier molecular flexibility index (Phi) is 7.53. The minimum atomic E-state index is -0.986. The predicted molar refractivity (Wildman–Crippen MR) is 96.4 cm³/mol. The molecule has 0 aliphatic heterocycles. The molecule has 0 heterocycles. The molecule has 0 unspecified atom stereocenters. The van der Waals surface area contributed by atoms with E-state index in [1.54, 1.807) is 18.3 Å². The van der Waals surface area contributed by atoms with Gasteiger partial charge >= 0.3 is 5.97 Å². The van der Waals surface area contributed by atoms with Crippen LogP contribution >= 0.6 is 0 Å². The number of ether oxygens (including phenoxy) is 1. The topological polar surface area (TPSA) is 67.8 Å². The lowest BCUT2D eigenvalue weighted by Crippen LogP contribution is -2.09. The number of nitrogens with one attached hydrogen (secondary N) is 1. The van der Waals surface area contributed by atoms with Crippen LogP contribution in [0, 0.1) is 6.92 Å². The Morgan fingerprint density at radius 3 is 2.44 bits per heavy atom. The van der Waals surface area contributed by atoms with Crippen molar-refractivity contribution in [3.05, 3.63) is 77.5 Å². The van der Waals surface area contributed by atoms with Gasteiger partial charge in [-0.05, 0) is 43.0 Å². The number of aliphatic carboxylic acids is 1. The predicted octanol–water partition coefficient (Wildman–Crippen LogP) is 3.28. The van der Waals surface area contributed by atoms with Gasteiger partial charge < -0.3 is 9.84 Å². The molecule has 0 saturated heterocycles. The lowest BCUT2D eigenvalue weighted by Gasteiger charge is -2.04. The summed E-state index contributed by atoms with van der Waals surface area (Å²) in [5.74, 6) is -0.437. The minimum Gasteiger partial charge on any atom is -0.482 e. The first kappa shape index (κ1) is 18.5. The van der Waals surface area contributed by atoms with E-state index >= 15 is 0 Å². The van der Waals surface area contributed by atoms with Crippen LogP contribution in [-0.4, -0.2) is 24.3 Å². The summed E-state index contributed by atoms with van der Waals surface area (Å²) in [5, 5.41) is 8.56. The second-order valence-corrected chi connectivity index (χ2v) is 5.63. The number of hydrogen-bond acceptors (Lipinski definition) is 4. The molecular weight excluding hydrogens is 318 g/mol. The summed E-state index contributed by atoms with van der Waals surface area (Å²) in [6.45, 7) is 2.34. The number of carbonyl (C=O) groups is 1. The molecule has 0 radical (unpaired) electrons. The van der Waals surface area contributed by atoms with E-state index in [0.29, 0.717) is 12.4 Å². The molecule has 2 aromatic carbocycles. The number of allylic oxidation sites excluding steroid dienone is 1. The summed E-state index contributed by atoms with van der Waals surface area (Å²) in [4.78, 5) is 15.8. The molecule has 132 valence electrons. The van der Waals surface area contributed by atoms with E-state index in [9.17, 15) is 4.79 Å². The van der Waals surface area contributed by atoms with E-state index in [2.05, 4.69) is 36.7 Å². The van der Waals surface area contributed by atoms with Crippen LogP contribution in [0.25, 0.3) is 0 Å². The smallest absolute Gasteiger partial charge is 0.341 e. The van der Waals surface area contributed by atoms with Gasteiger partial charge in [0.05, 0.1) is 6.61 Å². The molecule has 2 N–H and O–H groups in total. The van der Waals surface area contributed by atoms with Crippen LogP contribution < -0.4 is 10.2 Å². The fourth-order valence-corrected chi connectivity index (χ4v) is 2.14. The fraction of sp³-hybridized carbons (Fsp3) is 0.250. The van der Waals surface area contributed by atoms with Crippen molar-refractivity contribution < 1.29 is 19.5 Å². The molecule has 0 saturated carbocycles.